The molecule has 0 atom stereocenters. The first kappa shape index (κ1) is 12.9. The van der Waals surface area contributed by atoms with E-state index >= 15 is 0 Å². The van der Waals surface area contributed by atoms with Crippen molar-refractivity contribution in [2.24, 2.45) is 4.99 Å². The molecule has 5 nitrogen and oxygen atoms in total. The Morgan fingerprint density at radius 1 is 1.50 bits per heavy atom. The highest BCUT2D eigenvalue weighted by Crippen LogP contribution is 2.10. The van der Waals surface area contributed by atoms with Gasteiger partial charge in [-0.1, -0.05) is 13.3 Å². The van der Waals surface area contributed by atoms with Gasteiger partial charge in [0.15, 0.2) is 10.9 Å². The zero-order chi connectivity index (χ0) is 12.8. The number of hydrogen-bond acceptors (Lipinski definition) is 3. The summed E-state index contributed by atoms with van der Waals surface area (Å²) in [5, 5.41) is 8.57. The Bertz CT molecular complexity index is 485. The molecule has 0 spiro atoms. The number of hydrogen-bond donors (Lipinski definition) is 2. The molecule has 2 aromatic rings. The lowest BCUT2D eigenvalue weighted by atomic mass is 10.3. The van der Waals surface area contributed by atoms with Crippen LogP contribution in [0.15, 0.2) is 22.8 Å². The molecule has 0 saturated carbocycles. The first-order valence-electron chi connectivity index (χ1n) is 6.19. The maximum atomic E-state index is 4.51. The molecule has 0 aliphatic rings. The second-order valence-corrected chi connectivity index (χ2v) is 4.90. The smallest absolute Gasteiger partial charge is 0.193 e. The van der Waals surface area contributed by atoms with E-state index in [9.17, 15) is 0 Å². The van der Waals surface area contributed by atoms with Crippen molar-refractivity contribution in [3.05, 3.63) is 23.5 Å². The molecule has 0 bridgehead atoms. The predicted octanol–water partition coefficient (Wildman–Crippen LogP) is 1.86. The average molecular weight is 265 g/mol. The van der Waals surface area contributed by atoms with E-state index in [-0.39, 0.29) is 0 Å². The summed E-state index contributed by atoms with van der Waals surface area (Å²) in [6, 6.07) is 0. The van der Waals surface area contributed by atoms with E-state index in [2.05, 4.69) is 27.5 Å². The number of unbranched alkanes of at least 4 members (excludes halogenated alkanes) is 1. The van der Waals surface area contributed by atoms with Crippen molar-refractivity contribution in [2.75, 3.05) is 13.6 Å². The number of guanidine groups is 1. The van der Waals surface area contributed by atoms with Gasteiger partial charge in [-0.2, -0.15) is 0 Å². The minimum atomic E-state index is 0.695. The Hall–Kier alpha value is -1.56. The number of aliphatic imine (C=N–C) groups is 1. The topological polar surface area (TPSA) is 53.7 Å². The van der Waals surface area contributed by atoms with Crippen LogP contribution in [0.2, 0.25) is 0 Å². The molecule has 18 heavy (non-hydrogen) atoms. The number of nitrogens with one attached hydrogen (secondary N) is 2. The first-order valence-corrected chi connectivity index (χ1v) is 7.07. The summed E-state index contributed by atoms with van der Waals surface area (Å²) < 4.78 is 2.04. The van der Waals surface area contributed by atoms with Gasteiger partial charge < -0.3 is 10.6 Å². The van der Waals surface area contributed by atoms with Crippen molar-refractivity contribution < 1.29 is 0 Å². The lowest BCUT2D eigenvalue weighted by molar-refractivity contribution is 0.726. The van der Waals surface area contributed by atoms with E-state index < -0.39 is 0 Å². The van der Waals surface area contributed by atoms with Gasteiger partial charge in [0.05, 0.1) is 12.2 Å². The molecule has 0 aliphatic heterocycles. The molecule has 2 heterocycles. The van der Waals surface area contributed by atoms with Crippen LogP contribution in [0.5, 0.6) is 0 Å². The summed E-state index contributed by atoms with van der Waals surface area (Å²) in [5.41, 5.74) is 1.03. The highest BCUT2D eigenvalue weighted by molar-refractivity contribution is 7.15. The largest absolute Gasteiger partial charge is 0.356 e. The Morgan fingerprint density at radius 2 is 2.39 bits per heavy atom. The monoisotopic (exact) mass is 265 g/mol. The molecule has 0 saturated heterocycles. The maximum absolute atomic E-state index is 4.51. The zero-order valence-electron chi connectivity index (χ0n) is 10.8. The van der Waals surface area contributed by atoms with Crippen LogP contribution in [0.4, 0.5) is 0 Å². The van der Waals surface area contributed by atoms with Gasteiger partial charge in [0.1, 0.15) is 0 Å². The third-order valence-corrected chi connectivity index (χ3v) is 3.40. The van der Waals surface area contributed by atoms with Crippen LogP contribution < -0.4 is 10.6 Å². The number of imidazole rings is 1. The summed E-state index contributed by atoms with van der Waals surface area (Å²) >= 11 is 1.64. The van der Waals surface area contributed by atoms with Crippen molar-refractivity contribution in [3.63, 3.8) is 0 Å². The van der Waals surface area contributed by atoms with E-state index in [1.165, 1.54) is 6.42 Å². The maximum Gasteiger partial charge on any atom is 0.193 e. The Morgan fingerprint density at radius 3 is 3.11 bits per heavy atom. The molecule has 2 aromatic heterocycles. The highest BCUT2D eigenvalue weighted by Gasteiger charge is 2.03. The Kier molecular flexibility index (Phi) is 4.58. The van der Waals surface area contributed by atoms with Crippen molar-refractivity contribution >= 4 is 22.3 Å². The fraction of sp³-hybridized carbons (Fsp3) is 0.500. The van der Waals surface area contributed by atoms with E-state index in [4.69, 9.17) is 0 Å². The summed E-state index contributed by atoms with van der Waals surface area (Å²) in [6.45, 7) is 3.82. The average Bonchev–Trinajstić information content (AvgIpc) is 2.94. The fourth-order valence-corrected chi connectivity index (χ4v) is 2.36. The lowest BCUT2D eigenvalue weighted by Gasteiger charge is -2.10. The molecule has 2 rings (SSSR count). The van der Waals surface area contributed by atoms with Crippen molar-refractivity contribution in [3.8, 4) is 0 Å². The summed E-state index contributed by atoms with van der Waals surface area (Å²) in [4.78, 5) is 9.72. The van der Waals surface area contributed by atoms with Crippen molar-refractivity contribution in [1.82, 2.24) is 20.0 Å². The number of aromatic nitrogens is 2. The third-order valence-electron chi connectivity index (χ3n) is 2.63. The van der Waals surface area contributed by atoms with Gasteiger partial charge in [-0.05, 0) is 6.42 Å². The van der Waals surface area contributed by atoms with Crippen LogP contribution in [0.1, 0.15) is 25.5 Å². The Balaban J connectivity index is 1.84. The standard InChI is InChI=1S/C12H19N5S/c1-3-4-5-14-11(13-2)15-8-10-9-17-6-7-18-12(17)16-10/h6-7,9H,3-5,8H2,1-2H3,(H2,13,14,15). The molecule has 2 N–H and O–H groups in total. The third kappa shape index (κ3) is 3.22. The number of nitrogens with zero attached hydrogens (tertiary/aromatic N) is 3. The summed E-state index contributed by atoms with van der Waals surface area (Å²) in [5.74, 6) is 0.833. The van der Waals surface area contributed by atoms with Gasteiger partial charge in [0, 0.05) is 31.4 Å². The number of rotatable bonds is 5. The summed E-state index contributed by atoms with van der Waals surface area (Å²) in [6.07, 6.45) is 6.39. The molecule has 0 amide bonds. The minimum Gasteiger partial charge on any atom is -0.356 e. The second kappa shape index (κ2) is 6.39. The van der Waals surface area contributed by atoms with E-state index in [0.29, 0.717) is 6.54 Å². The van der Waals surface area contributed by atoms with Crippen LogP contribution in [0.25, 0.3) is 4.96 Å². The fourth-order valence-electron chi connectivity index (χ4n) is 1.64. The van der Waals surface area contributed by atoms with Crippen LogP contribution in [-0.4, -0.2) is 28.9 Å². The quantitative estimate of drug-likeness (QED) is 0.493. The van der Waals surface area contributed by atoms with Gasteiger partial charge >= 0.3 is 0 Å². The molecule has 0 aliphatic carbocycles. The van der Waals surface area contributed by atoms with E-state index in [0.717, 1.165) is 29.6 Å². The number of fused-ring (bicyclic) bond motifs is 1. The van der Waals surface area contributed by atoms with Crippen LogP contribution >= 0.6 is 11.3 Å². The molecule has 0 fully saturated rings. The van der Waals surface area contributed by atoms with Crippen LogP contribution in [0, 0.1) is 0 Å². The van der Waals surface area contributed by atoms with Crippen LogP contribution in [-0.2, 0) is 6.54 Å². The van der Waals surface area contributed by atoms with E-state index in [1.807, 2.05) is 22.2 Å². The normalized spacial score (nSPS) is 12.0. The Labute approximate surface area is 111 Å². The van der Waals surface area contributed by atoms with E-state index in [1.54, 1.807) is 18.4 Å². The first-order chi connectivity index (χ1) is 8.83. The zero-order valence-corrected chi connectivity index (χ0v) is 11.6. The lowest BCUT2D eigenvalue weighted by Crippen LogP contribution is -2.37. The molecule has 6 heteroatoms. The predicted molar refractivity (Wildman–Crippen MR) is 76.2 cm³/mol. The SMILES string of the molecule is CCCCNC(=NC)NCc1cn2ccsc2n1. The molecule has 98 valence electrons. The molecule has 0 aromatic carbocycles. The minimum absolute atomic E-state index is 0.695. The highest BCUT2D eigenvalue weighted by atomic mass is 32.1. The van der Waals surface area contributed by atoms with Gasteiger partial charge in [-0.25, -0.2) is 4.98 Å². The van der Waals surface area contributed by atoms with Gasteiger partial charge in [-0.3, -0.25) is 9.39 Å². The van der Waals surface area contributed by atoms with Gasteiger partial charge in [0.2, 0.25) is 0 Å². The van der Waals surface area contributed by atoms with Crippen molar-refractivity contribution in [1.29, 1.82) is 0 Å². The van der Waals surface area contributed by atoms with Crippen molar-refractivity contribution in [2.45, 2.75) is 26.3 Å². The second-order valence-electron chi connectivity index (χ2n) is 4.03. The molecule has 0 unspecified atom stereocenters. The molecule has 0 radical (unpaired) electrons. The van der Waals surface area contributed by atoms with Gasteiger partial charge in [-0.15, -0.1) is 11.3 Å². The van der Waals surface area contributed by atoms with Gasteiger partial charge in [0.25, 0.3) is 0 Å². The molecular formula is C12H19N5S. The molecular weight excluding hydrogens is 246 g/mol. The number of thiazole rings is 1. The summed E-state index contributed by atoms with van der Waals surface area (Å²) in [7, 11) is 1.78. The van der Waals surface area contributed by atoms with Crippen LogP contribution in [0.3, 0.4) is 0 Å².